The van der Waals surface area contributed by atoms with Crippen molar-refractivity contribution < 1.29 is 9.13 Å². The molecule has 0 amide bonds. The number of benzene rings is 2. The van der Waals surface area contributed by atoms with E-state index in [0.29, 0.717) is 11.1 Å². The van der Waals surface area contributed by atoms with E-state index in [4.69, 9.17) is 15.7 Å². The zero-order valence-electron chi connectivity index (χ0n) is 11.1. The number of rotatable bonds is 4. The molecule has 0 bridgehead atoms. The van der Waals surface area contributed by atoms with Crippen LogP contribution in [0.5, 0.6) is 5.75 Å². The zero-order chi connectivity index (χ0) is 14.5. The number of hydrogen-bond acceptors (Lipinski definition) is 3. The lowest BCUT2D eigenvalue weighted by Crippen LogP contribution is -2.06. The van der Waals surface area contributed by atoms with E-state index in [9.17, 15) is 4.39 Å². The van der Waals surface area contributed by atoms with E-state index < -0.39 is 5.82 Å². The average Bonchev–Trinajstić information content (AvgIpc) is 2.46. The fourth-order valence-electron chi connectivity index (χ4n) is 1.83. The molecule has 102 valence electrons. The Kier molecular flexibility index (Phi) is 4.34. The predicted molar refractivity (Wildman–Crippen MR) is 74.5 cm³/mol. The molecule has 0 aliphatic heterocycles. The van der Waals surface area contributed by atoms with Crippen molar-refractivity contribution in [2.24, 2.45) is 5.73 Å². The number of nitrogens with two attached hydrogens (primary N) is 1. The van der Waals surface area contributed by atoms with Crippen molar-refractivity contribution in [1.82, 2.24) is 0 Å². The Bertz CT molecular complexity index is 647. The summed E-state index contributed by atoms with van der Waals surface area (Å²) in [6.45, 7) is 1.94. The minimum absolute atomic E-state index is 0.151. The molecule has 20 heavy (non-hydrogen) atoms. The molecule has 0 saturated carbocycles. The summed E-state index contributed by atoms with van der Waals surface area (Å²) in [6, 6.07) is 13.6. The van der Waals surface area contributed by atoms with Crippen molar-refractivity contribution in [2.75, 3.05) is 0 Å². The maximum Gasteiger partial charge on any atom is 0.165 e. The first-order chi connectivity index (χ1) is 9.61. The molecule has 0 aliphatic carbocycles. The van der Waals surface area contributed by atoms with Gasteiger partial charge in [-0.3, -0.25) is 0 Å². The Morgan fingerprint density at radius 1 is 1.30 bits per heavy atom. The zero-order valence-corrected chi connectivity index (χ0v) is 11.1. The van der Waals surface area contributed by atoms with Crippen LogP contribution in [0.2, 0.25) is 0 Å². The lowest BCUT2D eigenvalue weighted by molar-refractivity contribution is 0.290. The Morgan fingerprint density at radius 2 is 2.05 bits per heavy atom. The van der Waals surface area contributed by atoms with Gasteiger partial charge in [0, 0.05) is 11.6 Å². The summed E-state index contributed by atoms with van der Waals surface area (Å²) in [5, 5.41) is 8.97. The topological polar surface area (TPSA) is 59.0 Å². The number of ether oxygens (including phenoxy) is 1. The van der Waals surface area contributed by atoms with Gasteiger partial charge in [0.2, 0.25) is 0 Å². The molecular weight excluding hydrogens is 255 g/mol. The summed E-state index contributed by atoms with van der Waals surface area (Å²) in [4.78, 5) is 0. The first-order valence-electron chi connectivity index (χ1n) is 6.27. The molecule has 2 rings (SSSR count). The second kappa shape index (κ2) is 6.18. The number of nitrogens with zero attached hydrogens (tertiary/aromatic N) is 1. The highest BCUT2D eigenvalue weighted by Crippen LogP contribution is 2.22. The molecule has 0 aromatic heterocycles. The van der Waals surface area contributed by atoms with E-state index in [0.717, 1.165) is 5.56 Å². The first kappa shape index (κ1) is 14.0. The minimum atomic E-state index is -0.450. The molecular formula is C16H15FN2O. The van der Waals surface area contributed by atoms with Crippen LogP contribution in [0.1, 0.15) is 29.7 Å². The third kappa shape index (κ3) is 3.14. The van der Waals surface area contributed by atoms with Crippen LogP contribution in [0.3, 0.4) is 0 Å². The van der Waals surface area contributed by atoms with Crippen LogP contribution in [0.15, 0.2) is 42.5 Å². The fraction of sp³-hybridized carbons (Fsp3) is 0.188. The minimum Gasteiger partial charge on any atom is -0.486 e. The van der Waals surface area contributed by atoms with Gasteiger partial charge in [0.1, 0.15) is 6.61 Å². The standard InChI is InChI=1S/C16H15FN2O/c1-11(19)12-6-7-16(15(17)8-12)20-10-14-5-3-2-4-13(14)9-18/h2-8,11H,10,19H2,1H3/t11-/m0/s1. The molecule has 0 unspecified atom stereocenters. The van der Waals surface area contributed by atoms with E-state index in [1.54, 1.807) is 37.3 Å². The van der Waals surface area contributed by atoms with Gasteiger partial charge in [-0.25, -0.2) is 4.39 Å². The fourth-order valence-corrected chi connectivity index (χ4v) is 1.83. The van der Waals surface area contributed by atoms with Crippen molar-refractivity contribution in [3.05, 3.63) is 65.0 Å². The number of halogens is 1. The normalized spacial score (nSPS) is 11.7. The highest BCUT2D eigenvalue weighted by molar-refractivity contribution is 5.37. The van der Waals surface area contributed by atoms with E-state index >= 15 is 0 Å². The number of nitriles is 1. The third-order valence-electron chi connectivity index (χ3n) is 3.00. The van der Waals surface area contributed by atoms with Crippen LogP contribution in [0.25, 0.3) is 0 Å². The van der Waals surface area contributed by atoms with Crippen LogP contribution in [-0.2, 0) is 6.61 Å². The van der Waals surface area contributed by atoms with E-state index in [-0.39, 0.29) is 18.4 Å². The van der Waals surface area contributed by atoms with E-state index in [2.05, 4.69) is 6.07 Å². The maximum atomic E-state index is 13.9. The molecule has 2 N–H and O–H groups in total. The molecule has 1 atom stereocenters. The molecule has 0 radical (unpaired) electrons. The van der Waals surface area contributed by atoms with Crippen LogP contribution in [0.4, 0.5) is 4.39 Å². The second-order valence-electron chi connectivity index (χ2n) is 4.54. The van der Waals surface area contributed by atoms with E-state index in [1.807, 2.05) is 6.07 Å². The largest absolute Gasteiger partial charge is 0.486 e. The lowest BCUT2D eigenvalue weighted by Gasteiger charge is -2.11. The first-order valence-corrected chi connectivity index (χ1v) is 6.27. The highest BCUT2D eigenvalue weighted by Gasteiger charge is 2.08. The number of hydrogen-bond donors (Lipinski definition) is 1. The molecule has 3 nitrogen and oxygen atoms in total. The average molecular weight is 270 g/mol. The van der Waals surface area contributed by atoms with Gasteiger partial charge in [-0.2, -0.15) is 5.26 Å². The van der Waals surface area contributed by atoms with Gasteiger partial charge in [0.15, 0.2) is 11.6 Å². The highest BCUT2D eigenvalue weighted by atomic mass is 19.1. The van der Waals surface area contributed by atoms with Crippen molar-refractivity contribution in [2.45, 2.75) is 19.6 Å². The van der Waals surface area contributed by atoms with Crippen LogP contribution in [0, 0.1) is 17.1 Å². The van der Waals surface area contributed by atoms with Crippen LogP contribution >= 0.6 is 0 Å². The van der Waals surface area contributed by atoms with Crippen molar-refractivity contribution in [1.29, 1.82) is 5.26 Å². The monoisotopic (exact) mass is 270 g/mol. The Hall–Kier alpha value is -2.38. The van der Waals surface area contributed by atoms with Gasteiger partial charge in [0.25, 0.3) is 0 Å². The summed E-state index contributed by atoms with van der Waals surface area (Å²) in [6.07, 6.45) is 0. The Labute approximate surface area is 117 Å². The molecule has 0 aliphatic rings. The molecule has 0 saturated heterocycles. The van der Waals surface area contributed by atoms with Gasteiger partial charge in [-0.15, -0.1) is 0 Å². The van der Waals surface area contributed by atoms with Gasteiger partial charge in [-0.1, -0.05) is 24.3 Å². The van der Waals surface area contributed by atoms with Crippen molar-refractivity contribution in [3.8, 4) is 11.8 Å². The predicted octanol–water partition coefficient (Wildman–Crippen LogP) is 3.30. The van der Waals surface area contributed by atoms with Crippen LogP contribution in [-0.4, -0.2) is 0 Å². The summed E-state index contributed by atoms with van der Waals surface area (Å²) < 4.78 is 19.3. The lowest BCUT2D eigenvalue weighted by atomic mass is 10.1. The molecule has 2 aromatic carbocycles. The van der Waals surface area contributed by atoms with Crippen molar-refractivity contribution >= 4 is 0 Å². The smallest absolute Gasteiger partial charge is 0.165 e. The van der Waals surface area contributed by atoms with Gasteiger partial charge < -0.3 is 10.5 Å². The van der Waals surface area contributed by atoms with E-state index in [1.165, 1.54) is 6.07 Å². The third-order valence-corrected chi connectivity index (χ3v) is 3.00. The quantitative estimate of drug-likeness (QED) is 0.927. The second-order valence-corrected chi connectivity index (χ2v) is 4.54. The van der Waals surface area contributed by atoms with Crippen LogP contribution < -0.4 is 10.5 Å². The SMILES string of the molecule is C[C@H](N)c1ccc(OCc2ccccc2C#N)c(F)c1. The maximum absolute atomic E-state index is 13.9. The van der Waals surface area contributed by atoms with Gasteiger partial charge in [0.05, 0.1) is 11.6 Å². The van der Waals surface area contributed by atoms with Crippen molar-refractivity contribution in [3.63, 3.8) is 0 Å². The molecule has 0 heterocycles. The molecule has 4 heteroatoms. The van der Waals surface area contributed by atoms with Gasteiger partial charge >= 0.3 is 0 Å². The Balaban J connectivity index is 2.14. The summed E-state index contributed by atoms with van der Waals surface area (Å²) >= 11 is 0. The summed E-state index contributed by atoms with van der Waals surface area (Å²) in [7, 11) is 0. The van der Waals surface area contributed by atoms with Gasteiger partial charge in [-0.05, 0) is 30.7 Å². The molecule has 0 fully saturated rings. The summed E-state index contributed by atoms with van der Waals surface area (Å²) in [5.74, 6) is -0.295. The summed E-state index contributed by atoms with van der Waals surface area (Å²) in [5.41, 5.74) is 7.66. The molecule has 0 spiro atoms. The molecule has 2 aromatic rings. The Morgan fingerprint density at radius 3 is 2.70 bits per heavy atom.